The Morgan fingerprint density at radius 1 is 1.16 bits per heavy atom. The average Bonchev–Trinajstić information content (AvgIpc) is 2.45. The van der Waals surface area contributed by atoms with Crippen molar-refractivity contribution < 1.29 is 14.2 Å². The molecule has 0 radical (unpaired) electrons. The minimum Gasteiger partial charge on any atom is -0.493 e. The monoisotopic (exact) mass is 265 g/mol. The van der Waals surface area contributed by atoms with Crippen molar-refractivity contribution in [2.45, 2.75) is 19.4 Å². The van der Waals surface area contributed by atoms with Crippen molar-refractivity contribution in [1.29, 1.82) is 0 Å². The van der Waals surface area contributed by atoms with Gasteiger partial charge in [0.25, 0.3) is 0 Å². The van der Waals surface area contributed by atoms with Crippen molar-refractivity contribution >= 4 is 0 Å². The fourth-order valence-corrected chi connectivity index (χ4v) is 2.05. The molecule has 0 bridgehead atoms. The predicted molar refractivity (Wildman–Crippen MR) is 77.3 cm³/mol. The highest BCUT2D eigenvalue weighted by Crippen LogP contribution is 2.40. The first-order valence-electron chi connectivity index (χ1n) is 6.35. The molecule has 1 aromatic carbocycles. The lowest BCUT2D eigenvalue weighted by molar-refractivity contribution is 0.323. The summed E-state index contributed by atoms with van der Waals surface area (Å²) in [5, 5.41) is 3.42. The molecular weight excluding hydrogens is 242 g/mol. The zero-order valence-electron chi connectivity index (χ0n) is 12.2. The molecule has 4 nitrogen and oxygen atoms in total. The Labute approximate surface area is 115 Å². The van der Waals surface area contributed by atoms with E-state index in [1.165, 1.54) is 0 Å². The van der Waals surface area contributed by atoms with E-state index in [0.29, 0.717) is 17.2 Å². The van der Waals surface area contributed by atoms with Gasteiger partial charge in [-0.1, -0.05) is 13.0 Å². The third kappa shape index (κ3) is 3.64. The molecule has 0 aliphatic carbocycles. The van der Waals surface area contributed by atoms with E-state index in [9.17, 15) is 0 Å². The number of ether oxygens (including phenoxy) is 3. The standard InChI is InChI=1S/C15H23NO3/c1-6-8-12(16-7-2)11-9-13(17-3)15(19-5)14(10-11)18-4/h6,9-10,12,16H,1,7-8H2,2-5H3. The highest BCUT2D eigenvalue weighted by molar-refractivity contribution is 5.54. The molecule has 4 heteroatoms. The van der Waals surface area contributed by atoms with Crippen LogP contribution < -0.4 is 19.5 Å². The van der Waals surface area contributed by atoms with Crippen molar-refractivity contribution in [1.82, 2.24) is 5.32 Å². The van der Waals surface area contributed by atoms with Gasteiger partial charge in [0, 0.05) is 6.04 Å². The molecule has 0 fully saturated rings. The van der Waals surface area contributed by atoms with Gasteiger partial charge in [-0.2, -0.15) is 0 Å². The summed E-state index contributed by atoms with van der Waals surface area (Å²) in [5.41, 5.74) is 1.09. The summed E-state index contributed by atoms with van der Waals surface area (Å²) < 4.78 is 16.1. The molecule has 19 heavy (non-hydrogen) atoms. The average molecular weight is 265 g/mol. The van der Waals surface area contributed by atoms with E-state index < -0.39 is 0 Å². The van der Waals surface area contributed by atoms with Crippen LogP contribution in [0.4, 0.5) is 0 Å². The Balaban J connectivity index is 3.22. The second kappa shape index (κ2) is 7.69. The van der Waals surface area contributed by atoms with Crippen LogP contribution in [-0.4, -0.2) is 27.9 Å². The number of benzene rings is 1. The Kier molecular flexibility index (Phi) is 6.22. The second-order valence-corrected chi connectivity index (χ2v) is 4.09. The number of nitrogens with one attached hydrogen (secondary N) is 1. The number of rotatable bonds is 8. The van der Waals surface area contributed by atoms with Gasteiger partial charge < -0.3 is 19.5 Å². The maximum Gasteiger partial charge on any atom is 0.203 e. The fraction of sp³-hybridized carbons (Fsp3) is 0.467. The van der Waals surface area contributed by atoms with Crippen molar-refractivity contribution in [3.63, 3.8) is 0 Å². The molecule has 0 aliphatic rings. The van der Waals surface area contributed by atoms with Crippen LogP contribution in [0.3, 0.4) is 0 Å². The topological polar surface area (TPSA) is 39.7 Å². The quantitative estimate of drug-likeness (QED) is 0.734. The van der Waals surface area contributed by atoms with Crippen LogP contribution in [0.15, 0.2) is 24.8 Å². The maximum absolute atomic E-state index is 5.37. The largest absolute Gasteiger partial charge is 0.493 e. The number of hydrogen-bond donors (Lipinski definition) is 1. The van der Waals surface area contributed by atoms with Gasteiger partial charge in [-0.25, -0.2) is 0 Å². The van der Waals surface area contributed by atoms with Crippen molar-refractivity contribution in [2.75, 3.05) is 27.9 Å². The molecule has 0 amide bonds. The Hall–Kier alpha value is -1.68. The van der Waals surface area contributed by atoms with Gasteiger partial charge in [0.05, 0.1) is 21.3 Å². The molecule has 0 saturated heterocycles. The van der Waals surface area contributed by atoms with E-state index in [4.69, 9.17) is 14.2 Å². The van der Waals surface area contributed by atoms with Gasteiger partial charge in [-0.15, -0.1) is 6.58 Å². The molecule has 1 rings (SSSR count). The van der Waals surface area contributed by atoms with Gasteiger partial charge in [-0.05, 0) is 30.7 Å². The summed E-state index contributed by atoms with van der Waals surface area (Å²) in [7, 11) is 4.85. The third-order valence-corrected chi connectivity index (χ3v) is 2.94. The van der Waals surface area contributed by atoms with Crippen molar-refractivity contribution in [3.8, 4) is 17.2 Å². The first-order valence-corrected chi connectivity index (χ1v) is 6.35. The zero-order chi connectivity index (χ0) is 14.3. The lowest BCUT2D eigenvalue weighted by Gasteiger charge is -2.20. The lowest BCUT2D eigenvalue weighted by Crippen LogP contribution is -2.20. The molecule has 1 aromatic rings. The van der Waals surface area contributed by atoms with Crippen LogP contribution in [0.25, 0.3) is 0 Å². The van der Waals surface area contributed by atoms with Crippen molar-refractivity contribution in [3.05, 3.63) is 30.4 Å². The summed E-state index contributed by atoms with van der Waals surface area (Å²) in [5.74, 6) is 1.95. The SMILES string of the molecule is C=CCC(NCC)c1cc(OC)c(OC)c(OC)c1. The van der Waals surface area contributed by atoms with E-state index in [-0.39, 0.29) is 6.04 Å². The van der Waals surface area contributed by atoms with Crippen LogP contribution in [-0.2, 0) is 0 Å². The molecule has 1 N–H and O–H groups in total. The summed E-state index contributed by atoms with van der Waals surface area (Å²) >= 11 is 0. The normalized spacial score (nSPS) is 11.8. The molecule has 0 aromatic heterocycles. The van der Waals surface area contributed by atoms with Gasteiger partial charge in [0.1, 0.15) is 0 Å². The van der Waals surface area contributed by atoms with Gasteiger partial charge >= 0.3 is 0 Å². The predicted octanol–water partition coefficient (Wildman–Crippen LogP) is 2.94. The Morgan fingerprint density at radius 3 is 2.11 bits per heavy atom. The molecule has 106 valence electrons. The van der Waals surface area contributed by atoms with Crippen LogP contribution >= 0.6 is 0 Å². The molecule has 0 saturated carbocycles. The summed E-state index contributed by atoms with van der Waals surface area (Å²) in [4.78, 5) is 0. The second-order valence-electron chi connectivity index (χ2n) is 4.09. The Morgan fingerprint density at radius 2 is 1.74 bits per heavy atom. The maximum atomic E-state index is 5.37. The first kappa shape index (κ1) is 15.4. The molecule has 0 aliphatic heterocycles. The minimum absolute atomic E-state index is 0.191. The van der Waals surface area contributed by atoms with E-state index in [0.717, 1.165) is 18.5 Å². The van der Waals surface area contributed by atoms with E-state index in [1.807, 2.05) is 18.2 Å². The summed E-state index contributed by atoms with van der Waals surface area (Å²) in [6.07, 6.45) is 2.74. The molecule has 1 unspecified atom stereocenters. The molecule has 0 spiro atoms. The summed E-state index contributed by atoms with van der Waals surface area (Å²) in [6.45, 7) is 6.76. The van der Waals surface area contributed by atoms with Crippen LogP contribution in [0.2, 0.25) is 0 Å². The van der Waals surface area contributed by atoms with E-state index >= 15 is 0 Å². The van der Waals surface area contributed by atoms with E-state index in [2.05, 4.69) is 18.8 Å². The van der Waals surface area contributed by atoms with Crippen LogP contribution in [0.1, 0.15) is 24.9 Å². The smallest absolute Gasteiger partial charge is 0.203 e. The number of hydrogen-bond acceptors (Lipinski definition) is 4. The van der Waals surface area contributed by atoms with Crippen LogP contribution in [0.5, 0.6) is 17.2 Å². The lowest BCUT2D eigenvalue weighted by atomic mass is 10.0. The van der Waals surface area contributed by atoms with Gasteiger partial charge in [-0.3, -0.25) is 0 Å². The molecule has 1 atom stereocenters. The van der Waals surface area contributed by atoms with Gasteiger partial charge in [0.2, 0.25) is 5.75 Å². The summed E-state index contributed by atoms with van der Waals surface area (Å²) in [6, 6.07) is 4.13. The third-order valence-electron chi connectivity index (χ3n) is 2.94. The van der Waals surface area contributed by atoms with Crippen LogP contribution in [0, 0.1) is 0 Å². The highest BCUT2D eigenvalue weighted by atomic mass is 16.5. The van der Waals surface area contributed by atoms with Gasteiger partial charge in [0.15, 0.2) is 11.5 Å². The molecular formula is C15H23NO3. The highest BCUT2D eigenvalue weighted by Gasteiger charge is 2.17. The van der Waals surface area contributed by atoms with Crippen molar-refractivity contribution in [2.24, 2.45) is 0 Å². The minimum atomic E-state index is 0.191. The Bertz CT molecular complexity index is 393. The zero-order valence-corrected chi connectivity index (χ0v) is 12.2. The first-order chi connectivity index (χ1) is 9.21. The molecule has 0 heterocycles. The number of methoxy groups -OCH3 is 3. The van der Waals surface area contributed by atoms with E-state index in [1.54, 1.807) is 21.3 Å². The fourth-order valence-electron chi connectivity index (χ4n) is 2.05.